The van der Waals surface area contributed by atoms with Crippen LogP contribution in [0.3, 0.4) is 0 Å². The number of nitrogens with zero attached hydrogens (tertiary/aromatic N) is 1. The Kier molecular flexibility index (Phi) is 19.8. The molecule has 1 amide bonds. The predicted octanol–water partition coefficient (Wildman–Crippen LogP) is 6.52. The summed E-state index contributed by atoms with van der Waals surface area (Å²) in [5.74, 6) is -1.28. The maximum Gasteiger partial charge on any atom is 0.306 e. The fraction of sp³-hybridized carbons (Fsp3) is 0.500. The standard InChI is InChI=1S/C24H35NO4/c1-2-3-4-5-6-7-8-9-10-11-12-13-14-15-16-17-18-19-22-29-24(27)21-20-23(26)25-28/h3-4,6-7,9-10,12-13,15-16H,2,5,8,11,14,17-22H2,1H3/b4-3-,7-6-,10-9-,13-12-,16-15-. The van der Waals surface area contributed by atoms with Crippen LogP contribution in [0.15, 0.2) is 65.9 Å². The van der Waals surface area contributed by atoms with Crippen LogP contribution in [0.25, 0.3) is 0 Å². The zero-order valence-electron chi connectivity index (χ0n) is 17.6. The van der Waals surface area contributed by atoms with Gasteiger partial charge >= 0.3 is 5.97 Å². The van der Waals surface area contributed by atoms with Crippen LogP contribution < -0.4 is 0 Å². The first kappa shape index (κ1) is 26.4. The van der Waals surface area contributed by atoms with E-state index in [1.54, 1.807) is 0 Å². The number of hydrogen-bond acceptors (Lipinski definition) is 4. The van der Waals surface area contributed by atoms with E-state index in [1.807, 2.05) is 0 Å². The molecule has 0 radical (unpaired) electrons. The van der Waals surface area contributed by atoms with E-state index in [4.69, 9.17) is 4.74 Å². The van der Waals surface area contributed by atoms with Gasteiger partial charge in [0, 0.05) is 11.6 Å². The van der Waals surface area contributed by atoms with Crippen molar-refractivity contribution in [3.8, 4) is 0 Å². The van der Waals surface area contributed by atoms with Crippen LogP contribution in [-0.2, 0) is 14.3 Å². The Morgan fingerprint density at radius 1 is 0.724 bits per heavy atom. The Bertz CT molecular complexity index is 586. The van der Waals surface area contributed by atoms with Crippen molar-refractivity contribution in [3.63, 3.8) is 0 Å². The van der Waals surface area contributed by atoms with Gasteiger partial charge in [0.15, 0.2) is 0 Å². The van der Waals surface area contributed by atoms with Crippen LogP contribution in [0.4, 0.5) is 0 Å². The van der Waals surface area contributed by atoms with Gasteiger partial charge in [0.1, 0.15) is 0 Å². The van der Waals surface area contributed by atoms with Crippen molar-refractivity contribution in [1.29, 1.82) is 0 Å². The maximum atomic E-state index is 11.3. The van der Waals surface area contributed by atoms with Crippen LogP contribution in [-0.4, -0.2) is 18.5 Å². The molecular formula is C24H35NO4. The van der Waals surface area contributed by atoms with E-state index < -0.39 is 11.9 Å². The Hall–Kier alpha value is -2.56. The van der Waals surface area contributed by atoms with Gasteiger partial charge in [-0.05, 0) is 51.4 Å². The molecule has 5 nitrogen and oxygen atoms in total. The van der Waals surface area contributed by atoms with Gasteiger partial charge in [-0.3, -0.25) is 9.59 Å². The van der Waals surface area contributed by atoms with Crippen LogP contribution in [0, 0.1) is 4.91 Å². The first-order valence-corrected chi connectivity index (χ1v) is 10.5. The summed E-state index contributed by atoms with van der Waals surface area (Å²) in [6.45, 7) is 2.48. The van der Waals surface area contributed by atoms with Gasteiger partial charge in [-0.15, -0.1) is 4.91 Å². The summed E-state index contributed by atoms with van der Waals surface area (Å²) < 4.78 is 4.98. The van der Waals surface area contributed by atoms with E-state index >= 15 is 0 Å². The number of amides is 1. The number of unbranched alkanes of at least 4 members (excludes halogenated alkanes) is 2. The van der Waals surface area contributed by atoms with Gasteiger partial charge < -0.3 is 4.74 Å². The number of carbonyl (C=O) groups is 2. The van der Waals surface area contributed by atoms with Crippen molar-refractivity contribution in [2.24, 2.45) is 5.18 Å². The molecule has 0 aromatic rings. The second kappa shape index (κ2) is 21.7. The summed E-state index contributed by atoms with van der Waals surface area (Å²) in [4.78, 5) is 31.8. The Morgan fingerprint density at radius 3 is 1.76 bits per heavy atom. The van der Waals surface area contributed by atoms with Crippen molar-refractivity contribution >= 4 is 11.9 Å². The Morgan fingerprint density at radius 2 is 1.24 bits per heavy atom. The SMILES string of the molecule is CC/C=C\C/C=C\C/C=C\C/C=C\C/C=C\CCCCOC(=O)CCC(=O)N=O. The number of allylic oxidation sites excluding steroid dienone is 10. The summed E-state index contributed by atoms with van der Waals surface area (Å²) in [7, 11) is 0. The fourth-order valence-electron chi connectivity index (χ4n) is 2.25. The Balaban J connectivity index is 3.49. The number of esters is 1. The summed E-state index contributed by atoms with van der Waals surface area (Å²) in [6, 6.07) is 0. The molecule has 0 saturated heterocycles. The van der Waals surface area contributed by atoms with E-state index in [0.717, 1.165) is 51.4 Å². The molecule has 0 aromatic heterocycles. The highest BCUT2D eigenvalue weighted by atomic mass is 16.5. The van der Waals surface area contributed by atoms with E-state index in [-0.39, 0.29) is 12.8 Å². The average Bonchev–Trinajstić information content (AvgIpc) is 2.73. The van der Waals surface area contributed by atoms with Crippen LogP contribution in [0.1, 0.15) is 71.1 Å². The number of carbonyl (C=O) groups excluding carboxylic acids is 2. The molecule has 0 unspecified atom stereocenters. The van der Waals surface area contributed by atoms with Crippen molar-refractivity contribution in [2.75, 3.05) is 6.61 Å². The zero-order chi connectivity index (χ0) is 21.4. The van der Waals surface area contributed by atoms with Gasteiger partial charge in [0.2, 0.25) is 0 Å². The molecule has 0 fully saturated rings. The minimum Gasteiger partial charge on any atom is -0.466 e. The largest absolute Gasteiger partial charge is 0.466 e. The monoisotopic (exact) mass is 401 g/mol. The number of ether oxygens (including phenoxy) is 1. The third-order valence-corrected chi connectivity index (χ3v) is 3.83. The third-order valence-electron chi connectivity index (χ3n) is 3.83. The summed E-state index contributed by atoms with van der Waals surface area (Å²) in [5, 5.41) is 2.23. The maximum absolute atomic E-state index is 11.3. The van der Waals surface area contributed by atoms with E-state index in [0.29, 0.717) is 6.61 Å². The van der Waals surface area contributed by atoms with Crippen LogP contribution >= 0.6 is 0 Å². The van der Waals surface area contributed by atoms with Gasteiger partial charge in [-0.25, -0.2) is 0 Å². The topological polar surface area (TPSA) is 72.8 Å². The van der Waals surface area contributed by atoms with Crippen molar-refractivity contribution < 1.29 is 14.3 Å². The summed E-state index contributed by atoms with van der Waals surface area (Å²) >= 11 is 0. The minimum absolute atomic E-state index is 0.0840. The first-order valence-electron chi connectivity index (χ1n) is 10.5. The van der Waals surface area contributed by atoms with Crippen molar-refractivity contribution in [3.05, 3.63) is 65.7 Å². The molecule has 0 N–H and O–H groups in total. The molecule has 0 spiro atoms. The highest BCUT2D eigenvalue weighted by molar-refractivity contribution is 5.81. The number of nitroso groups, excluding NO2 is 1. The fourth-order valence-corrected chi connectivity index (χ4v) is 2.25. The molecule has 5 heteroatoms. The average molecular weight is 402 g/mol. The number of hydrogen-bond donors (Lipinski definition) is 0. The second-order valence-corrected chi connectivity index (χ2v) is 6.41. The second-order valence-electron chi connectivity index (χ2n) is 6.41. The molecule has 0 atom stereocenters. The normalized spacial score (nSPS) is 12.2. The molecule has 0 rings (SSSR count). The lowest BCUT2D eigenvalue weighted by molar-refractivity contribution is -0.144. The molecule has 29 heavy (non-hydrogen) atoms. The molecule has 0 bridgehead atoms. The van der Waals surface area contributed by atoms with Gasteiger partial charge in [0.05, 0.1) is 13.0 Å². The Labute approximate surface area is 175 Å². The molecule has 160 valence electrons. The van der Waals surface area contributed by atoms with E-state index in [2.05, 4.69) is 72.9 Å². The van der Waals surface area contributed by atoms with Crippen molar-refractivity contribution in [2.45, 2.75) is 71.1 Å². The summed E-state index contributed by atoms with van der Waals surface area (Å²) in [5.41, 5.74) is 0. The molecule has 0 aliphatic heterocycles. The van der Waals surface area contributed by atoms with Crippen molar-refractivity contribution in [1.82, 2.24) is 0 Å². The van der Waals surface area contributed by atoms with Crippen LogP contribution in [0.5, 0.6) is 0 Å². The summed E-state index contributed by atoms with van der Waals surface area (Å²) in [6.07, 6.45) is 29.1. The van der Waals surface area contributed by atoms with Gasteiger partial charge in [-0.2, -0.15) is 0 Å². The van der Waals surface area contributed by atoms with E-state index in [9.17, 15) is 14.5 Å². The van der Waals surface area contributed by atoms with Gasteiger partial charge in [-0.1, -0.05) is 67.7 Å². The minimum atomic E-state index is -0.819. The third kappa shape index (κ3) is 21.6. The molecule has 0 aromatic carbocycles. The molecule has 0 saturated carbocycles. The molecule has 0 aliphatic carbocycles. The van der Waals surface area contributed by atoms with Gasteiger partial charge in [0.25, 0.3) is 5.91 Å². The highest BCUT2D eigenvalue weighted by Gasteiger charge is 2.07. The zero-order valence-corrected chi connectivity index (χ0v) is 17.6. The first-order chi connectivity index (χ1) is 14.2. The van der Waals surface area contributed by atoms with Crippen LogP contribution in [0.2, 0.25) is 0 Å². The molecular weight excluding hydrogens is 366 g/mol. The lowest BCUT2D eigenvalue weighted by Gasteiger charge is -2.02. The lowest BCUT2D eigenvalue weighted by Crippen LogP contribution is -2.07. The number of rotatable bonds is 17. The molecule has 0 aliphatic rings. The predicted molar refractivity (Wildman–Crippen MR) is 119 cm³/mol. The molecule has 0 heterocycles. The van der Waals surface area contributed by atoms with E-state index in [1.165, 1.54) is 0 Å². The highest BCUT2D eigenvalue weighted by Crippen LogP contribution is 2.01. The smallest absolute Gasteiger partial charge is 0.306 e. The quantitative estimate of drug-likeness (QED) is 0.120. The lowest BCUT2D eigenvalue weighted by atomic mass is 10.2.